The van der Waals surface area contributed by atoms with Crippen molar-refractivity contribution in [2.75, 3.05) is 0 Å². The minimum Gasteiger partial charge on any atom is -0.348 e. The van der Waals surface area contributed by atoms with Gasteiger partial charge in [0, 0.05) is 29.9 Å². The van der Waals surface area contributed by atoms with Crippen LogP contribution in [0.1, 0.15) is 5.69 Å². The zero-order valence-corrected chi connectivity index (χ0v) is 7.70. The molecule has 0 aromatic carbocycles. The second-order valence-electron chi connectivity index (χ2n) is 2.69. The van der Waals surface area contributed by atoms with Crippen molar-refractivity contribution >= 4 is 11.3 Å². The summed E-state index contributed by atoms with van der Waals surface area (Å²) in [6, 6.07) is 3.10. The monoisotopic (exact) mass is 192 g/mol. The van der Waals surface area contributed by atoms with Crippen LogP contribution in [-0.4, -0.2) is 9.55 Å². The van der Waals surface area contributed by atoms with Gasteiger partial charge in [-0.15, -0.1) is 11.3 Å². The van der Waals surface area contributed by atoms with Gasteiger partial charge in [0.2, 0.25) is 0 Å². The Morgan fingerprint density at radius 1 is 1.38 bits per heavy atom. The Hall–Kier alpha value is -1.42. The van der Waals surface area contributed by atoms with Crippen molar-refractivity contribution in [1.82, 2.24) is 9.55 Å². The van der Waals surface area contributed by atoms with Crippen molar-refractivity contribution in [1.29, 1.82) is 0 Å². The average Bonchev–Trinajstić information content (AvgIpc) is 2.62. The number of nitrogens with zero attached hydrogens (tertiary/aromatic N) is 2. The molecule has 0 fully saturated rings. The lowest BCUT2D eigenvalue weighted by molar-refractivity contribution is 0.771. The molecule has 2 rings (SSSR count). The van der Waals surface area contributed by atoms with Crippen molar-refractivity contribution in [3.8, 4) is 0 Å². The molecule has 13 heavy (non-hydrogen) atoms. The maximum Gasteiger partial charge on any atom is 0.181 e. The third-order valence-corrected chi connectivity index (χ3v) is 2.32. The maximum atomic E-state index is 10.8. The number of pyridine rings is 1. The predicted molar refractivity (Wildman–Crippen MR) is 51.9 cm³/mol. The zero-order chi connectivity index (χ0) is 9.10. The summed E-state index contributed by atoms with van der Waals surface area (Å²) in [5.74, 6) is 0. The second-order valence-corrected chi connectivity index (χ2v) is 3.40. The van der Waals surface area contributed by atoms with E-state index < -0.39 is 0 Å². The van der Waals surface area contributed by atoms with Crippen LogP contribution in [-0.2, 0) is 6.54 Å². The standard InChI is InChI=1S/C9H8N2OS/c12-9-1-3-11(4-2-9)5-8-6-13-7-10-8/h1-4,6-7H,5H2. The van der Waals surface area contributed by atoms with E-state index in [9.17, 15) is 4.79 Å². The molecular formula is C9H8N2OS. The van der Waals surface area contributed by atoms with E-state index in [-0.39, 0.29) is 5.43 Å². The smallest absolute Gasteiger partial charge is 0.181 e. The number of thiazole rings is 1. The molecule has 0 aliphatic rings. The van der Waals surface area contributed by atoms with Crippen LogP contribution in [0.3, 0.4) is 0 Å². The normalized spacial score (nSPS) is 10.2. The second kappa shape index (κ2) is 3.53. The average molecular weight is 192 g/mol. The maximum absolute atomic E-state index is 10.8. The SMILES string of the molecule is O=c1ccn(Cc2cscn2)cc1. The summed E-state index contributed by atoms with van der Waals surface area (Å²) in [5.41, 5.74) is 2.86. The van der Waals surface area contributed by atoms with Crippen LogP contribution in [0.25, 0.3) is 0 Å². The van der Waals surface area contributed by atoms with Crippen molar-refractivity contribution in [2.45, 2.75) is 6.54 Å². The molecule has 66 valence electrons. The Kier molecular flexibility index (Phi) is 2.23. The van der Waals surface area contributed by atoms with E-state index in [0.717, 1.165) is 12.2 Å². The topological polar surface area (TPSA) is 34.9 Å². The van der Waals surface area contributed by atoms with Crippen molar-refractivity contribution in [2.24, 2.45) is 0 Å². The quantitative estimate of drug-likeness (QED) is 0.720. The van der Waals surface area contributed by atoms with Crippen LogP contribution in [0.15, 0.2) is 40.2 Å². The molecule has 0 radical (unpaired) electrons. The first-order valence-corrected chi connectivity index (χ1v) is 4.82. The molecule has 0 saturated carbocycles. The minimum atomic E-state index is 0.0366. The molecule has 2 aromatic rings. The molecule has 2 heterocycles. The van der Waals surface area contributed by atoms with Crippen LogP contribution in [0, 0.1) is 0 Å². The summed E-state index contributed by atoms with van der Waals surface area (Å²) in [6.07, 6.45) is 3.53. The van der Waals surface area contributed by atoms with Crippen LogP contribution < -0.4 is 5.43 Å². The largest absolute Gasteiger partial charge is 0.348 e. The molecule has 0 N–H and O–H groups in total. The molecular weight excluding hydrogens is 184 g/mol. The molecule has 2 aromatic heterocycles. The first-order valence-electron chi connectivity index (χ1n) is 3.88. The summed E-state index contributed by atoms with van der Waals surface area (Å²) < 4.78 is 1.93. The molecule has 0 aliphatic heterocycles. The number of aromatic nitrogens is 2. The van der Waals surface area contributed by atoms with E-state index in [4.69, 9.17) is 0 Å². The first-order chi connectivity index (χ1) is 6.34. The minimum absolute atomic E-state index is 0.0366. The Balaban J connectivity index is 2.19. The molecule has 0 spiro atoms. The van der Waals surface area contributed by atoms with Gasteiger partial charge in [-0.1, -0.05) is 0 Å². The Bertz CT molecular complexity index is 413. The fraction of sp³-hybridized carbons (Fsp3) is 0.111. The van der Waals surface area contributed by atoms with E-state index in [1.807, 2.05) is 9.95 Å². The van der Waals surface area contributed by atoms with Crippen molar-refractivity contribution in [3.63, 3.8) is 0 Å². The highest BCUT2D eigenvalue weighted by Gasteiger charge is 1.94. The third kappa shape index (κ3) is 2.03. The van der Waals surface area contributed by atoms with Gasteiger partial charge >= 0.3 is 0 Å². The van der Waals surface area contributed by atoms with E-state index in [0.29, 0.717) is 0 Å². The lowest BCUT2D eigenvalue weighted by atomic mass is 10.4. The van der Waals surface area contributed by atoms with Crippen LogP contribution >= 0.6 is 11.3 Å². The molecule has 0 bridgehead atoms. The molecule has 4 heteroatoms. The molecule has 0 saturated heterocycles. The summed E-state index contributed by atoms with van der Waals surface area (Å²) in [4.78, 5) is 15.0. The number of hydrogen-bond donors (Lipinski definition) is 0. The van der Waals surface area contributed by atoms with E-state index in [1.54, 1.807) is 41.4 Å². The van der Waals surface area contributed by atoms with Gasteiger partial charge in [-0.3, -0.25) is 4.79 Å². The van der Waals surface area contributed by atoms with Crippen LogP contribution in [0.4, 0.5) is 0 Å². The summed E-state index contributed by atoms with van der Waals surface area (Å²) in [5, 5.41) is 2.00. The molecule has 0 amide bonds. The number of hydrogen-bond acceptors (Lipinski definition) is 3. The van der Waals surface area contributed by atoms with Gasteiger partial charge in [0.25, 0.3) is 0 Å². The fourth-order valence-electron chi connectivity index (χ4n) is 1.05. The number of rotatable bonds is 2. The Labute approximate surface area is 79.3 Å². The summed E-state index contributed by atoms with van der Waals surface area (Å²) in [7, 11) is 0. The van der Waals surface area contributed by atoms with Gasteiger partial charge in [0.15, 0.2) is 5.43 Å². The highest BCUT2D eigenvalue weighted by Crippen LogP contribution is 2.02. The summed E-state index contributed by atoms with van der Waals surface area (Å²) >= 11 is 1.58. The summed E-state index contributed by atoms with van der Waals surface area (Å²) in [6.45, 7) is 0.726. The lowest BCUT2D eigenvalue weighted by Crippen LogP contribution is -2.04. The highest BCUT2D eigenvalue weighted by atomic mass is 32.1. The van der Waals surface area contributed by atoms with Gasteiger partial charge in [0.05, 0.1) is 17.7 Å². The fourth-order valence-corrected chi connectivity index (χ4v) is 1.60. The van der Waals surface area contributed by atoms with Gasteiger partial charge in [-0.25, -0.2) is 4.98 Å². The van der Waals surface area contributed by atoms with E-state index >= 15 is 0 Å². The molecule has 3 nitrogen and oxygen atoms in total. The molecule has 0 unspecified atom stereocenters. The van der Waals surface area contributed by atoms with E-state index in [2.05, 4.69) is 4.98 Å². The lowest BCUT2D eigenvalue weighted by Gasteiger charge is -2.01. The van der Waals surface area contributed by atoms with Crippen molar-refractivity contribution < 1.29 is 0 Å². The zero-order valence-electron chi connectivity index (χ0n) is 6.88. The Morgan fingerprint density at radius 3 is 2.77 bits per heavy atom. The van der Waals surface area contributed by atoms with Gasteiger partial charge in [-0.05, 0) is 0 Å². The molecule has 0 atom stereocenters. The first kappa shape index (κ1) is 8.19. The third-order valence-electron chi connectivity index (χ3n) is 1.69. The predicted octanol–water partition coefficient (Wildman–Crippen LogP) is 1.35. The van der Waals surface area contributed by atoms with Gasteiger partial charge in [-0.2, -0.15) is 0 Å². The Morgan fingerprint density at radius 2 is 2.15 bits per heavy atom. The van der Waals surface area contributed by atoms with Crippen LogP contribution in [0.5, 0.6) is 0 Å². The van der Waals surface area contributed by atoms with Crippen molar-refractivity contribution in [3.05, 3.63) is 51.3 Å². The van der Waals surface area contributed by atoms with Gasteiger partial charge in [0.1, 0.15) is 0 Å². The highest BCUT2D eigenvalue weighted by molar-refractivity contribution is 7.07. The van der Waals surface area contributed by atoms with Gasteiger partial charge < -0.3 is 4.57 Å². The van der Waals surface area contributed by atoms with E-state index in [1.165, 1.54) is 0 Å². The molecule has 0 aliphatic carbocycles. The van der Waals surface area contributed by atoms with Crippen LogP contribution in [0.2, 0.25) is 0 Å².